The number of pyridine rings is 1. The van der Waals surface area contributed by atoms with E-state index in [0.29, 0.717) is 6.04 Å². The first-order chi connectivity index (χ1) is 10.1. The van der Waals surface area contributed by atoms with Crippen molar-refractivity contribution in [1.29, 1.82) is 0 Å². The number of aromatic carboxylic acids is 1. The first-order valence-corrected chi connectivity index (χ1v) is 7.21. The Morgan fingerprint density at radius 2 is 2.14 bits per heavy atom. The van der Waals surface area contributed by atoms with Crippen molar-refractivity contribution in [2.24, 2.45) is 0 Å². The SMILES string of the molecule is CN1CCCC(Nc2ncc(C(=O)O)c3ccccc23)C1. The number of carboxylic acid groups (broad SMARTS) is 1. The summed E-state index contributed by atoms with van der Waals surface area (Å²) in [5, 5.41) is 14.3. The van der Waals surface area contributed by atoms with Gasteiger partial charge in [-0.25, -0.2) is 9.78 Å². The minimum Gasteiger partial charge on any atom is -0.478 e. The largest absolute Gasteiger partial charge is 0.478 e. The van der Waals surface area contributed by atoms with Crippen molar-refractivity contribution in [3.63, 3.8) is 0 Å². The number of piperidine rings is 1. The Hall–Kier alpha value is -2.14. The summed E-state index contributed by atoms with van der Waals surface area (Å²) in [4.78, 5) is 17.9. The number of nitrogens with one attached hydrogen (secondary N) is 1. The number of benzene rings is 1. The number of carbonyl (C=O) groups is 1. The number of nitrogens with zero attached hydrogens (tertiary/aromatic N) is 2. The van der Waals surface area contributed by atoms with Crippen LogP contribution in [0.25, 0.3) is 10.8 Å². The van der Waals surface area contributed by atoms with Crippen molar-refractivity contribution < 1.29 is 9.90 Å². The molecular weight excluding hydrogens is 266 g/mol. The van der Waals surface area contributed by atoms with E-state index in [-0.39, 0.29) is 5.56 Å². The van der Waals surface area contributed by atoms with Gasteiger partial charge >= 0.3 is 5.97 Å². The Labute approximate surface area is 123 Å². The predicted octanol–water partition coefficient (Wildman–Crippen LogP) is 2.44. The lowest BCUT2D eigenvalue weighted by Crippen LogP contribution is -2.39. The van der Waals surface area contributed by atoms with Crippen LogP contribution in [0.4, 0.5) is 5.82 Å². The molecule has 110 valence electrons. The highest BCUT2D eigenvalue weighted by Crippen LogP contribution is 2.26. The number of rotatable bonds is 3. The summed E-state index contributed by atoms with van der Waals surface area (Å²) in [6.45, 7) is 2.11. The van der Waals surface area contributed by atoms with Gasteiger partial charge in [-0.05, 0) is 26.4 Å². The molecule has 0 amide bonds. The van der Waals surface area contributed by atoms with Crippen LogP contribution in [0.1, 0.15) is 23.2 Å². The van der Waals surface area contributed by atoms with Crippen LogP contribution < -0.4 is 5.32 Å². The molecule has 2 N–H and O–H groups in total. The minimum absolute atomic E-state index is 0.247. The van der Waals surface area contributed by atoms with Crippen molar-refractivity contribution >= 4 is 22.6 Å². The van der Waals surface area contributed by atoms with Crippen LogP contribution in [0.2, 0.25) is 0 Å². The maximum atomic E-state index is 11.3. The van der Waals surface area contributed by atoms with Gasteiger partial charge < -0.3 is 15.3 Å². The van der Waals surface area contributed by atoms with E-state index in [1.54, 1.807) is 0 Å². The minimum atomic E-state index is -0.942. The number of likely N-dealkylation sites (N-methyl/N-ethyl adjacent to an activating group) is 1. The topological polar surface area (TPSA) is 65.5 Å². The smallest absolute Gasteiger partial charge is 0.337 e. The summed E-state index contributed by atoms with van der Waals surface area (Å²) in [6, 6.07) is 7.87. The van der Waals surface area contributed by atoms with Gasteiger partial charge in [0.1, 0.15) is 5.82 Å². The second-order valence-corrected chi connectivity index (χ2v) is 5.62. The number of likely N-dealkylation sites (tertiary alicyclic amines) is 1. The molecule has 1 saturated heterocycles. The molecule has 0 bridgehead atoms. The second-order valence-electron chi connectivity index (χ2n) is 5.62. The van der Waals surface area contributed by atoms with Gasteiger partial charge in [-0.1, -0.05) is 24.3 Å². The molecule has 21 heavy (non-hydrogen) atoms. The Morgan fingerprint density at radius 3 is 2.86 bits per heavy atom. The number of fused-ring (bicyclic) bond motifs is 1. The van der Waals surface area contributed by atoms with E-state index in [9.17, 15) is 9.90 Å². The van der Waals surface area contributed by atoms with Crippen LogP contribution >= 0.6 is 0 Å². The summed E-state index contributed by atoms with van der Waals surface area (Å²) in [6.07, 6.45) is 3.72. The third-order valence-corrected chi connectivity index (χ3v) is 3.99. The van der Waals surface area contributed by atoms with Crippen LogP contribution in [0.3, 0.4) is 0 Å². The average Bonchev–Trinajstić information content (AvgIpc) is 2.47. The third kappa shape index (κ3) is 2.83. The first kappa shape index (κ1) is 13.8. The lowest BCUT2D eigenvalue weighted by molar-refractivity contribution is 0.0698. The Morgan fingerprint density at radius 1 is 1.38 bits per heavy atom. The van der Waals surface area contributed by atoms with Crippen LogP contribution in [0.5, 0.6) is 0 Å². The van der Waals surface area contributed by atoms with E-state index in [2.05, 4.69) is 22.2 Å². The van der Waals surface area contributed by atoms with Crippen molar-refractivity contribution in [2.45, 2.75) is 18.9 Å². The zero-order valence-electron chi connectivity index (χ0n) is 12.0. The van der Waals surface area contributed by atoms with Gasteiger partial charge in [-0.15, -0.1) is 0 Å². The fourth-order valence-electron chi connectivity index (χ4n) is 2.96. The molecule has 1 fully saturated rings. The summed E-state index contributed by atoms with van der Waals surface area (Å²) >= 11 is 0. The van der Waals surface area contributed by atoms with Gasteiger partial charge in [-0.2, -0.15) is 0 Å². The molecule has 1 atom stereocenters. The standard InChI is InChI=1S/C16H19N3O2/c1-19-8-4-5-11(10-19)18-15-13-7-3-2-6-12(13)14(9-17-15)16(20)21/h2-3,6-7,9,11H,4-5,8,10H2,1H3,(H,17,18)(H,20,21). The monoisotopic (exact) mass is 285 g/mol. The summed E-state index contributed by atoms with van der Waals surface area (Å²) in [5.74, 6) is -0.168. The zero-order chi connectivity index (χ0) is 14.8. The van der Waals surface area contributed by atoms with Crippen LogP contribution in [-0.4, -0.2) is 47.1 Å². The van der Waals surface area contributed by atoms with Crippen LogP contribution in [-0.2, 0) is 0 Å². The van der Waals surface area contributed by atoms with E-state index in [1.807, 2.05) is 24.3 Å². The number of aromatic nitrogens is 1. The summed E-state index contributed by atoms with van der Waals surface area (Å²) < 4.78 is 0. The summed E-state index contributed by atoms with van der Waals surface area (Å²) in [7, 11) is 2.12. The van der Waals surface area contributed by atoms with E-state index in [0.717, 1.165) is 36.1 Å². The number of hydrogen-bond donors (Lipinski definition) is 2. The number of carboxylic acids is 1. The fourth-order valence-corrected chi connectivity index (χ4v) is 2.96. The molecule has 0 aliphatic carbocycles. The second kappa shape index (κ2) is 5.69. The lowest BCUT2D eigenvalue weighted by Gasteiger charge is -2.30. The molecule has 5 heteroatoms. The van der Waals surface area contributed by atoms with Crippen molar-refractivity contribution in [2.75, 3.05) is 25.5 Å². The fraction of sp³-hybridized carbons (Fsp3) is 0.375. The average molecular weight is 285 g/mol. The number of hydrogen-bond acceptors (Lipinski definition) is 4. The molecule has 5 nitrogen and oxygen atoms in total. The molecule has 0 spiro atoms. The van der Waals surface area contributed by atoms with Crippen LogP contribution in [0, 0.1) is 0 Å². The molecule has 1 aromatic carbocycles. The molecular formula is C16H19N3O2. The lowest BCUT2D eigenvalue weighted by atomic mass is 10.0. The highest BCUT2D eigenvalue weighted by Gasteiger charge is 2.19. The first-order valence-electron chi connectivity index (χ1n) is 7.21. The molecule has 2 heterocycles. The van der Waals surface area contributed by atoms with Crippen molar-refractivity contribution in [3.8, 4) is 0 Å². The van der Waals surface area contributed by atoms with Gasteiger partial charge in [0.25, 0.3) is 0 Å². The highest BCUT2D eigenvalue weighted by atomic mass is 16.4. The molecule has 2 aromatic rings. The normalized spacial score (nSPS) is 19.6. The van der Waals surface area contributed by atoms with Gasteiger partial charge in [0.2, 0.25) is 0 Å². The summed E-state index contributed by atoms with van der Waals surface area (Å²) in [5.41, 5.74) is 0.247. The maximum Gasteiger partial charge on any atom is 0.337 e. The van der Waals surface area contributed by atoms with Crippen LogP contribution in [0.15, 0.2) is 30.5 Å². The molecule has 1 aliphatic heterocycles. The molecule has 3 rings (SSSR count). The van der Waals surface area contributed by atoms with Gasteiger partial charge in [0, 0.05) is 29.6 Å². The third-order valence-electron chi connectivity index (χ3n) is 3.99. The quantitative estimate of drug-likeness (QED) is 0.906. The maximum absolute atomic E-state index is 11.3. The van der Waals surface area contributed by atoms with Crippen molar-refractivity contribution in [1.82, 2.24) is 9.88 Å². The van der Waals surface area contributed by atoms with Gasteiger partial charge in [-0.3, -0.25) is 0 Å². The van der Waals surface area contributed by atoms with Gasteiger partial charge in [0.05, 0.1) is 5.56 Å². The Balaban J connectivity index is 1.96. The molecule has 1 aliphatic rings. The predicted molar refractivity (Wildman–Crippen MR) is 82.8 cm³/mol. The van der Waals surface area contributed by atoms with E-state index < -0.39 is 5.97 Å². The zero-order valence-corrected chi connectivity index (χ0v) is 12.0. The Bertz CT molecular complexity index is 672. The van der Waals surface area contributed by atoms with E-state index in [1.165, 1.54) is 12.6 Å². The Kier molecular flexibility index (Phi) is 3.75. The molecule has 0 saturated carbocycles. The highest BCUT2D eigenvalue weighted by molar-refractivity contribution is 6.06. The molecule has 1 unspecified atom stereocenters. The van der Waals surface area contributed by atoms with Crippen molar-refractivity contribution in [3.05, 3.63) is 36.0 Å². The molecule has 0 radical (unpaired) electrons. The van der Waals surface area contributed by atoms with E-state index >= 15 is 0 Å². The van der Waals surface area contributed by atoms with E-state index in [4.69, 9.17) is 0 Å². The van der Waals surface area contributed by atoms with Gasteiger partial charge in [0.15, 0.2) is 0 Å². The number of anilines is 1. The molecule has 1 aromatic heterocycles.